The number of amides is 2. The third kappa shape index (κ3) is 5.28. The Kier molecular flexibility index (Phi) is 6.53. The van der Waals surface area contributed by atoms with Crippen LogP contribution in [0.1, 0.15) is 18.4 Å². The second-order valence-corrected chi connectivity index (χ2v) is 6.50. The Hall–Kier alpha value is -4.01. The van der Waals surface area contributed by atoms with Crippen LogP contribution in [-0.2, 0) is 19.1 Å². The number of ether oxygens (including phenoxy) is 1. The molecule has 1 N–H and O–H groups in total. The maximum atomic E-state index is 12.2. The highest BCUT2D eigenvalue weighted by atomic mass is 16.6. The second-order valence-electron chi connectivity index (χ2n) is 6.50. The Balaban J connectivity index is 1.53. The van der Waals surface area contributed by atoms with Crippen molar-refractivity contribution in [2.45, 2.75) is 12.8 Å². The van der Waals surface area contributed by atoms with E-state index in [1.54, 1.807) is 29.2 Å². The summed E-state index contributed by atoms with van der Waals surface area (Å²) < 4.78 is 4.92. The predicted octanol–water partition coefficient (Wildman–Crippen LogP) is 2.92. The molecule has 9 nitrogen and oxygen atoms in total. The lowest BCUT2D eigenvalue weighted by molar-refractivity contribution is -0.384. The number of carbonyl (C=O) groups is 3. The van der Waals surface area contributed by atoms with E-state index in [9.17, 15) is 24.5 Å². The number of non-ortho nitro benzene ring substituents is 1. The van der Waals surface area contributed by atoms with Crippen LogP contribution in [0.3, 0.4) is 0 Å². The van der Waals surface area contributed by atoms with Gasteiger partial charge in [0.05, 0.1) is 16.3 Å². The van der Waals surface area contributed by atoms with E-state index in [4.69, 9.17) is 4.74 Å². The van der Waals surface area contributed by atoms with Crippen LogP contribution in [0, 0.1) is 10.1 Å². The minimum absolute atomic E-state index is 0.000455. The lowest BCUT2D eigenvalue weighted by Crippen LogP contribution is -2.26. The average Bonchev–Trinajstić information content (AvgIpc) is 3.17. The Bertz CT molecular complexity index is 1000. The molecule has 0 radical (unpaired) electrons. The highest BCUT2D eigenvalue weighted by Gasteiger charge is 2.24. The Morgan fingerprint density at radius 1 is 1.17 bits per heavy atom. The normalized spacial score (nSPS) is 13.5. The molecule has 154 valence electrons. The molecule has 0 unspecified atom stereocenters. The van der Waals surface area contributed by atoms with Gasteiger partial charge in [0.1, 0.15) is 0 Å². The molecule has 1 saturated heterocycles. The number of nitro benzene ring substituents is 1. The van der Waals surface area contributed by atoms with E-state index in [1.165, 1.54) is 30.3 Å². The number of anilines is 2. The molecule has 30 heavy (non-hydrogen) atoms. The maximum absolute atomic E-state index is 12.2. The van der Waals surface area contributed by atoms with Gasteiger partial charge >= 0.3 is 5.97 Å². The molecule has 2 amide bonds. The number of rotatable bonds is 7. The summed E-state index contributed by atoms with van der Waals surface area (Å²) in [5, 5.41) is 13.3. The summed E-state index contributed by atoms with van der Waals surface area (Å²) in [6.07, 6.45) is 3.80. The Morgan fingerprint density at radius 2 is 1.90 bits per heavy atom. The number of carbonyl (C=O) groups excluding carboxylic acids is 3. The quantitative estimate of drug-likeness (QED) is 0.325. The molecule has 2 aromatic rings. The van der Waals surface area contributed by atoms with Crippen LogP contribution < -0.4 is 10.2 Å². The van der Waals surface area contributed by atoms with Crippen LogP contribution in [0.25, 0.3) is 6.08 Å². The summed E-state index contributed by atoms with van der Waals surface area (Å²) in [4.78, 5) is 47.7. The molecule has 1 fully saturated rings. The molecule has 1 aliphatic rings. The summed E-state index contributed by atoms with van der Waals surface area (Å²) in [6.45, 7) is 0.0971. The number of hydrogen-bond donors (Lipinski definition) is 1. The van der Waals surface area contributed by atoms with Gasteiger partial charge in [-0.25, -0.2) is 4.79 Å². The van der Waals surface area contributed by atoms with E-state index in [1.807, 2.05) is 0 Å². The SMILES string of the molecule is O=C(COC(=O)/C=C/c1ccc([N+](=O)[O-])cc1)Nc1ccccc1N1CCCC1=O. The van der Waals surface area contributed by atoms with Crippen LogP contribution in [0.2, 0.25) is 0 Å². The van der Waals surface area contributed by atoms with Crippen molar-refractivity contribution in [3.8, 4) is 0 Å². The maximum Gasteiger partial charge on any atom is 0.331 e. The summed E-state index contributed by atoms with van der Waals surface area (Å²) in [5.41, 5.74) is 1.60. The second kappa shape index (κ2) is 9.46. The Morgan fingerprint density at radius 3 is 2.57 bits per heavy atom. The van der Waals surface area contributed by atoms with E-state index in [2.05, 4.69) is 5.32 Å². The van der Waals surface area contributed by atoms with Crippen molar-refractivity contribution in [1.82, 2.24) is 0 Å². The van der Waals surface area contributed by atoms with Gasteiger partial charge in [-0.3, -0.25) is 19.7 Å². The third-order valence-electron chi connectivity index (χ3n) is 4.40. The zero-order valence-corrected chi connectivity index (χ0v) is 15.9. The molecule has 1 aliphatic heterocycles. The van der Waals surface area contributed by atoms with E-state index >= 15 is 0 Å². The van der Waals surface area contributed by atoms with Crippen molar-refractivity contribution in [2.75, 3.05) is 23.4 Å². The fourth-order valence-corrected chi connectivity index (χ4v) is 2.96. The van der Waals surface area contributed by atoms with Crippen molar-refractivity contribution in [2.24, 2.45) is 0 Å². The van der Waals surface area contributed by atoms with Crippen LogP contribution in [0.5, 0.6) is 0 Å². The number of benzene rings is 2. The summed E-state index contributed by atoms with van der Waals surface area (Å²) >= 11 is 0. The fraction of sp³-hybridized carbons (Fsp3) is 0.190. The number of nitro groups is 1. The number of hydrogen-bond acceptors (Lipinski definition) is 6. The first-order valence-corrected chi connectivity index (χ1v) is 9.22. The van der Waals surface area contributed by atoms with Gasteiger partial charge in [0.15, 0.2) is 6.61 Å². The van der Waals surface area contributed by atoms with Gasteiger partial charge in [-0.2, -0.15) is 0 Å². The zero-order valence-electron chi connectivity index (χ0n) is 15.9. The molecule has 0 atom stereocenters. The van der Waals surface area contributed by atoms with Crippen LogP contribution >= 0.6 is 0 Å². The minimum Gasteiger partial charge on any atom is -0.452 e. The van der Waals surface area contributed by atoms with Gasteiger partial charge in [-0.05, 0) is 42.3 Å². The molecular formula is C21H19N3O6. The smallest absolute Gasteiger partial charge is 0.331 e. The van der Waals surface area contributed by atoms with Crippen LogP contribution in [-0.4, -0.2) is 35.9 Å². The molecule has 3 rings (SSSR count). The topological polar surface area (TPSA) is 119 Å². The van der Waals surface area contributed by atoms with E-state index in [-0.39, 0.29) is 11.6 Å². The molecular weight excluding hydrogens is 390 g/mol. The number of nitrogens with one attached hydrogen (secondary N) is 1. The third-order valence-corrected chi connectivity index (χ3v) is 4.40. The van der Waals surface area contributed by atoms with E-state index < -0.39 is 23.4 Å². The first-order valence-electron chi connectivity index (χ1n) is 9.22. The van der Waals surface area contributed by atoms with E-state index in [0.717, 1.165) is 12.5 Å². The number of esters is 1. The van der Waals surface area contributed by atoms with Gasteiger partial charge in [-0.1, -0.05) is 12.1 Å². The molecule has 9 heteroatoms. The highest BCUT2D eigenvalue weighted by molar-refractivity contribution is 6.02. The molecule has 0 spiro atoms. The largest absolute Gasteiger partial charge is 0.452 e. The first-order chi connectivity index (χ1) is 14.4. The fourth-order valence-electron chi connectivity index (χ4n) is 2.96. The lowest BCUT2D eigenvalue weighted by atomic mass is 10.2. The average molecular weight is 409 g/mol. The van der Waals surface area contributed by atoms with Crippen LogP contribution in [0.4, 0.5) is 17.1 Å². The van der Waals surface area contributed by atoms with Gasteiger partial charge < -0.3 is 15.0 Å². The number of para-hydroxylation sites is 2. The Labute approximate surface area is 172 Å². The summed E-state index contributed by atoms with van der Waals surface area (Å²) in [5.74, 6) is -1.27. The standard InChI is InChI=1S/C21H19N3O6/c25-19(22-17-4-1-2-5-18(17)23-13-3-6-20(23)26)14-30-21(27)12-9-15-7-10-16(11-8-15)24(28)29/h1-2,4-5,7-12H,3,6,13-14H2,(H,22,25)/b12-9+. The molecule has 0 saturated carbocycles. The number of nitrogens with zero attached hydrogens (tertiary/aromatic N) is 2. The molecule has 0 aromatic heterocycles. The summed E-state index contributed by atoms with van der Waals surface area (Å²) in [6, 6.07) is 12.6. The van der Waals surface area contributed by atoms with Gasteiger partial charge in [-0.15, -0.1) is 0 Å². The van der Waals surface area contributed by atoms with Crippen molar-refractivity contribution in [3.05, 3.63) is 70.3 Å². The van der Waals surface area contributed by atoms with Gasteiger partial charge in [0.25, 0.3) is 11.6 Å². The molecule has 2 aromatic carbocycles. The zero-order chi connectivity index (χ0) is 21.5. The molecule has 0 bridgehead atoms. The van der Waals surface area contributed by atoms with Gasteiger partial charge in [0.2, 0.25) is 5.91 Å². The predicted molar refractivity (Wildman–Crippen MR) is 110 cm³/mol. The first kappa shape index (κ1) is 20.7. The van der Waals surface area contributed by atoms with Crippen molar-refractivity contribution in [1.29, 1.82) is 0 Å². The van der Waals surface area contributed by atoms with Crippen molar-refractivity contribution >= 4 is 40.9 Å². The monoisotopic (exact) mass is 409 g/mol. The van der Waals surface area contributed by atoms with E-state index in [0.29, 0.717) is 29.9 Å². The summed E-state index contributed by atoms with van der Waals surface area (Å²) in [7, 11) is 0. The lowest BCUT2D eigenvalue weighted by Gasteiger charge is -2.19. The van der Waals surface area contributed by atoms with Crippen LogP contribution in [0.15, 0.2) is 54.6 Å². The van der Waals surface area contributed by atoms with Crippen molar-refractivity contribution in [3.63, 3.8) is 0 Å². The minimum atomic E-state index is -0.730. The van der Waals surface area contributed by atoms with Gasteiger partial charge in [0, 0.05) is 31.2 Å². The molecule has 1 heterocycles. The highest BCUT2D eigenvalue weighted by Crippen LogP contribution is 2.29. The molecule has 0 aliphatic carbocycles. The van der Waals surface area contributed by atoms with Crippen molar-refractivity contribution < 1.29 is 24.0 Å².